The highest BCUT2D eigenvalue weighted by atomic mass is 16.6. The first kappa shape index (κ1) is 3.90. The topological polar surface area (TPSA) is 12.5 Å². The molecule has 1 saturated heterocycles. The van der Waals surface area contributed by atoms with Gasteiger partial charge in [0.05, 0.1) is 12.2 Å². The Balaban J connectivity index is 1.95. The lowest BCUT2D eigenvalue weighted by atomic mass is 10.0. The number of epoxide rings is 1. The average molecular weight is 97.1 g/mol. The maximum absolute atomic E-state index is 5.22. The van der Waals surface area contributed by atoms with Gasteiger partial charge in [-0.25, -0.2) is 0 Å². The maximum atomic E-state index is 5.22. The standard InChI is InChI=1S/C6H9O/c1-2-4-6-5(3-1)7-6/h3,5-6H,1-2,4H2/t5-,6+/m1/s1. The molecule has 1 radical (unpaired) electrons. The van der Waals surface area contributed by atoms with Crippen molar-refractivity contribution in [1.82, 2.24) is 0 Å². The summed E-state index contributed by atoms with van der Waals surface area (Å²) >= 11 is 0. The fraction of sp³-hybridized carbons (Fsp3) is 0.833. The van der Waals surface area contributed by atoms with Crippen molar-refractivity contribution in [2.45, 2.75) is 31.5 Å². The summed E-state index contributed by atoms with van der Waals surface area (Å²) in [4.78, 5) is 0. The molecule has 0 aromatic carbocycles. The van der Waals surface area contributed by atoms with Crippen LogP contribution in [0.5, 0.6) is 0 Å². The van der Waals surface area contributed by atoms with Gasteiger partial charge in [-0.05, 0) is 19.3 Å². The van der Waals surface area contributed by atoms with Crippen LogP contribution < -0.4 is 0 Å². The summed E-state index contributed by atoms with van der Waals surface area (Å²) in [6.45, 7) is 0. The zero-order chi connectivity index (χ0) is 4.69. The summed E-state index contributed by atoms with van der Waals surface area (Å²) < 4.78 is 5.22. The lowest BCUT2D eigenvalue weighted by Gasteiger charge is -1.99. The number of ether oxygens (including phenoxy) is 1. The van der Waals surface area contributed by atoms with E-state index in [9.17, 15) is 0 Å². The highest BCUT2D eigenvalue weighted by Crippen LogP contribution is 2.35. The first-order chi connectivity index (χ1) is 3.47. The molecule has 1 saturated carbocycles. The van der Waals surface area contributed by atoms with E-state index in [2.05, 4.69) is 6.42 Å². The van der Waals surface area contributed by atoms with Crippen LogP contribution in [0.15, 0.2) is 0 Å². The van der Waals surface area contributed by atoms with Crippen molar-refractivity contribution in [3.05, 3.63) is 6.42 Å². The van der Waals surface area contributed by atoms with Crippen molar-refractivity contribution in [2.75, 3.05) is 0 Å². The Hall–Kier alpha value is -0.0400. The SMILES string of the molecule is [CH]1CCC[C@@H]2O[C@H]12. The molecule has 39 valence electrons. The maximum Gasteiger partial charge on any atom is 0.0873 e. The largest absolute Gasteiger partial charge is 0.369 e. The Morgan fingerprint density at radius 2 is 2.57 bits per heavy atom. The van der Waals surface area contributed by atoms with Crippen LogP contribution in [0.25, 0.3) is 0 Å². The summed E-state index contributed by atoms with van der Waals surface area (Å²) in [5.74, 6) is 0. The molecule has 0 bridgehead atoms. The van der Waals surface area contributed by atoms with Gasteiger partial charge in [-0.3, -0.25) is 0 Å². The van der Waals surface area contributed by atoms with Crippen LogP contribution in [0.2, 0.25) is 0 Å². The molecule has 1 aliphatic carbocycles. The predicted molar refractivity (Wildman–Crippen MR) is 26.8 cm³/mol. The molecule has 0 aromatic rings. The van der Waals surface area contributed by atoms with E-state index in [1.807, 2.05) is 0 Å². The predicted octanol–water partition coefficient (Wildman–Crippen LogP) is 1.14. The molecule has 0 aromatic heterocycles. The van der Waals surface area contributed by atoms with Gasteiger partial charge in [-0.15, -0.1) is 0 Å². The van der Waals surface area contributed by atoms with Crippen molar-refractivity contribution in [2.24, 2.45) is 0 Å². The highest BCUT2D eigenvalue weighted by Gasteiger charge is 2.40. The van der Waals surface area contributed by atoms with Gasteiger partial charge < -0.3 is 4.74 Å². The Morgan fingerprint density at radius 1 is 1.57 bits per heavy atom. The lowest BCUT2D eigenvalue weighted by Crippen LogP contribution is -2.01. The Bertz CT molecular complexity index is 70.2. The van der Waals surface area contributed by atoms with Crippen LogP contribution in [0.4, 0.5) is 0 Å². The van der Waals surface area contributed by atoms with Crippen LogP contribution in [0, 0.1) is 6.42 Å². The van der Waals surface area contributed by atoms with Crippen molar-refractivity contribution in [3.8, 4) is 0 Å². The second-order valence-corrected chi connectivity index (χ2v) is 2.31. The molecule has 1 aliphatic heterocycles. The first-order valence-corrected chi connectivity index (χ1v) is 2.95. The van der Waals surface area contributed by atoms with Gasteiger partial charge in [-0.2, -0.15) is 0 Å². The van der Waals surface area contributed by atoms with Gasteiger partial charge in [0.25, 0.3) is 0 Å². The molecule has 1 heteroatoms. The third kappa shape index (κ3) is 0.556. The van der Waals surface area contributed by atoms with Gasteiger partial charge in [-0.1, -0.05) is 6.42 Å². The van der Waals surface area contributed by atoms with Crippen LogP contribution in [0.3, 0.4) is 0 Å². The molecule has 1 nitrogen and oxygen atoms in total. The second kappa shape index (κ2) is 1.22. The molecule has 0 spiro atoms. The normalized spacial score (nSPS) is 48.0. The summed E-state index contributed by atoms with van der Waals surface area (Å²) in [6.07, 6.45) is 7.44. The molecular weight excluding hydrogens is 88.1 g/mol. The molecule has 0 unspecified atom stereocenters. The number of hydrogen-bond acceptors (Lipinski definition) is 1. The molecule has 1 heterocycles. The zero-order valence-corrected chi connectivity index (χ0v) is 4.26. The van der Waals surface area contributed by atoms with Crippen molar-refractivity contribution < 1.29 is 4.74 Å². The van der Waals surface area contributed by atoms with E-state index >= 15 is 0 Å². The van der Waals surface area contributed by atoms with Gasteiger partial charge in [0.1, 0.15) is 0 Å². The molecular formula is C6H9O. The Kier molecular flexibility index (Phi) is 0.680. The van der Waals surface area contributed by atoms with E-state index in [4.69, 9.17) is 4.74 Å². The van der Waals surface area contributed by atoms with Gasteiger partial charge in [0.15, 0.2) is 0 Å². The first-order valence-electron chi connectivity index (χ1n) is 2.95. The van der Waals surface area contributed by atoms with Crippen LogP contribution in [0.1, 0.15) is 19.3 Å². The lowest BCUT2D eigenvalue weighted by molar-refractivity contribution is 0.384. The minimum absolute atomic E-state index is 0.578. The van der Waals surface area contributed by atoms with E-state index in [0.717, 1.165) is 0 Å². The fourth-order valence-electron chi connectivity index (χ4n) is 1.20. The van der Waals surface area contributed by atoms with Gasteiger partial charge in [0, 0.05) is 0 Å². The molecule has 2 atom stereocenters. The van der Waals surface area contributed by atoms with Crippen molar-refractivity contribution in [1.29, 1.82) is 0 Å². The van der Waals surface area contributed by atoms with Crippen molar-refractivity contribution >= 4 is 0 Å². The van der Waals surface area contributed by atoms with Gasteiger partial charge >= 0.3 is 0 Å². The fourth-order valence-corrected chi connectivity index (χ4v) is 1.20. The second-order valence-electron chi connectivity index (χ2n) is 2.31. The molecule has 0 N–H and O–H groups in total. The summed E-state index contributed by atoms with van der Waals surface area (Å²) in [6, 6.07) is 0. The van der Waals surface area contributed by atoms with E-state index in [-0.39, 0.29) is 0 Å². The van der Waals surface area contributed by atoms with Gasteiger partial charge in [0.2, 0.25) is 0 Å². The van der Waals surface area contributed by atoms with E-state index in [1.165, 1.54) is 19.3 Å². The van der Waals surface area contributed by atoms with Crippen LogP contribution >= 0.6 is 0 Å². The highest BCUT2D eigenvalue weighted by molar-refractivity contribution is 4.99. The Labute approximate surface area is 43.7 Å². The van der Waals surface area contributed by atoms with Crippen molar-refractivity contribution in [3.63, 3.8) is 0 Å². The molecule has 2 rings (SSSR count). The minimum Gasteiger partial charge on any atom is -0.369 e. The minimum atomic E-state index is 0.578. The molecule has 2 aliphatic rings. The molecule has 2 fully saturated rings. The smallest absolute Gasteiger partial charge is 0.0873 e. The number of rotatable bonds is 0. The number of hydrogen-bond donors (Lipinski definition) is 0. The quantitative estimate of drug-likeness (QED) is 0.413. The molecule has 0 amide bonds. The summed E-state index contributed by atoms with van der Waals surface area (Å²) in [5.41, 5.74) is 0. The summed E-state index contributed by atoms with van der Waals surface area (Å²) in [5, 5.41) is 0. The summed E-state index contributed by atoms with van der Waals surface area (Å²) in [7, 11) is 0. The van der Waals surface area contributed by atoms with E-state index in [1.54, 1.807) is 0 Å². The average Bonchev–Trinajstić information content (AvgIpc) is 2.41. The number of fused-ring (bicyclic) bond motifs is 1. The van der Waals surface area contributed by atoms with Crippen LogP contribution in [-0.4, -0.2) is 12.2 Å². The third-order valence-corrected chi connectivity index (χ3v) is 1.71. The van der Waals surface area contributed by atoms with Crippen LogP contribution in [-0.2, 0) is 4.74 Å². The zero-order valence-electron chi connectivity index (χ0n) is 4.26. The van der Waals surface area contributed by atoms with E-state index < -0.39 is 0 Å². The monoisotopic (exact) mass is 97.1 g/mol. The Morgan fingerprint density at radius 3 is 3.14 bits per heavy atom. The third-order valence-electron chi connectivity index (χ3n) is 1.71. The van der Waals surface area contributed by atoms with E-state index in [0.29, 0.717) is 12.2 Å². The molecule has 7 heavy (non-hydrogen) atoms.